The fourth-order valence-corrected chi connectivity index (χ4v) is 9.56. The van der Waals surface area contributed by atoms with Gasteiger partial charge >= 0.3 is 0 Å². The average Bonchev–Trinajstić information content (AvgIpc) is 3.99. The minimum Gasteiger partial charge on any atom is -0.313 e. The first-order valence-electron chi connectivity index (χ1n) is 22.4. The van der Waals surface area contributed by atoms with Crippen LogP contribution in [0.5, 0.6) is 0 Å². The highest BCUT2D eigenvalue weighted by atomic mass is 15.0. The molecule has 3 nitrogen and oxygen atoms in total. The lowest BCUT2D eigenvalue weighted by atomic mass is 9.91. The standard InChI is InChI=1S/C60H57N3/c1-58(2,3)55-37-43-19-10-13-28-52(43)61(55)49-25-16-22-40(34-49)46-31-47(41-23-17-26-50(35-41)62-53-29-14-11-20-44(53)38-56(62)59(4,5)6)33-48(32-46)42-24-18-27-51(36-42)63-54-30-15-12-21-45(54)39-57(63)60(7,8)9/h10-39H,1-9H3. The molecule has 0 N–H and O–H groups in total. The Kier molecular flexibility index (Phi) is 9.53. The van der Waals surface area contributed by atoms with Crippen LogP contribution in [0.3, 0.4) is 0 Å². The topological polar surface area (TPSA) is 14.8 Å². The molecule has 0 aliphatic rings. The van der Waals surface area contributed by atoms with Crippen molar-refractivity contribution in [2.45, 2.75) is 78.6 Å². The summed E-state index contributed by atoms with van der Waals surface area (Å²) in [6.45, 7) is 20.8. The van der Waals surface area contributed by atoms with Crippen molar-refractivity contribution in [2.75, 3.05) is 0 Å². The second-order valence-corrected chi connectivity index (χ2v) is 20.5. The van der Waals surface area contributed by atoms with Crippen LogP contribution in [-0.2, 0) is 16.2 Å². The van der Waals surface area contributed by atoms with Gasteiger partial charge in [0, 0.05) is 66.5 Å². The summed E-state index contributed by atoms with van der Waals surface area (Å²) >= 11 is 0. The second kappa shape index (κ2) is 14.9. The molecule has 0 saturated heterocycles. The maximum absolute atomic E-state index is 2.46. The molecular formula is C60H57N3. The van der Waals surface area contributed by atoms with E-state index in [1.165, 1.54) is 83.2 Å². The monoisotopic (exact) mass is 819 g/mol. The van der Waals surface area contributed by atoms with E-state index < -0.39 is 0 Å². The van der Waals surface area contributed by atoms with Crippen LogP contribution in [0, 0.1) is 0 Å². The smallest absolute Gasteiger partial charge is 0.0531 e. The van der Waals surface area contributed by atoms with Gasteiger partial charge in [-0.2, -0.15) is 0 Å². The molecule has 0 saturated carbocycles. The highest BCUT2D eigenvalue weighted by Gasteiger charge is 2.25. The van der Waals surface area contributed by atoms with Gasteiger partial charge in [0.1, 0.15) is 0 Å². The normalized spacial score (nSPS) is 12.5. The summed E-state index contributed by atoms with van der Waals surface area (Å²) in [5.41, 5.74) is 18.0. The van der Waals surface area contributed by atoms with Crippen molar-refractivity contribution >= 4 is 32.7 Å². The highest BCUT2D eigenvalue weighted by Crippen LogP contribution is 2.40. The predicted molar refractivity (Wildman–Crippen MR) is 269 cm³/mol. The molecule has 3 heterocycles. The van der Waals surface area contributed by atoms with Gasteiger partial charge in [0.05, 0.1) is 16.6 Å². The zero-order valence-corrected chi connectivity index (χ0v) is 38.2. The first kappa shape index (κ1) is 40.2. The third-order valence-corrected chi connectivity index (χ3v) is 12.7. The number of rotatable bonds is 6. The lowest BCUT2D eigenvalue weighted by Gasteiger charge is -2.23. The Morgan fingerprint density at radius 3 is 0.794 bits per heavy atom. The van der Waals surface area contributed by atoms with Crippen LogP contribution in [0.1, 0.15) is 79.4 Å². The van der Waals surface area contributed by atoms with E-state index >= 15 is 0 Å². The van der Waals surface area contributed by atoms with Gasteiger partial charge in [-0.3, -0.25) is 0 Å². The average molecular weight is 820 g/mol. The molecule has 0 spiro atoms. The molecule has 3 aromatic heterocycles. The molecule has 0 unspecified atom stereocenters. The fraction of sp³-hybridized carbons (Fsp3) is 0.200. The van der Waals surface area contributed by atoms with Crippen LogP contribution in [0.4, 0.5) is 0 Å². The van der Waals surface area contributed by atoms with E-state index in [1.807, 2.05) is 0 Å². The summed E-state index contributed by atoms with van der Waals surface area (Å²) in [5.74, 6) is 0. The first-order chi connectivity index (χ1) is 30.1. The zero-order chi connectivity index (χ0) is 43.8. The van der Waals surface area contributed by atoms with E-state index in [-0.39, 0.29) is 16.2 Å². The largest absolute Gasteiger partial charge is 0.313 e. The molecule has 0 radical (unpaired) electrons. The maximum atomic E-state index is 2.46. The molecule has 10 aromatic rings. The third kappa shape index (κ3) is 7.30. The van der Waals surface area contributed by atoms with Gasteiger partial charge in [-0.15, -0.1) is 0 Å². The van der Waals surface area contributed by atoms with E-state index in [1.54, 1.807) is 0 Å². The maximum Gasteiger partial charge on any atom is 0.0531 e. The number of benzene rings is 7. The molecular weight excluding hydrogens is 763 g/mol. The summed E-state index contributed by atoms with van der Waals surface area (Å²) < 4.78 is 7.37. The molecule has 3 heteroatoms. The van der Waals surface area contributed by atoms with Crippen LogP contribution >= 0.6 is 0 Å². The van der Waals surface area contributed by atoms with Crippen LogP contribution in [0.15, 0.2) is 182 Å². The number of hydrogen-bond acceptors (Lipinski definition) is 0. The zero-order valence-electron chi connectivity index (χ0n) is 38.2. The minimum atomic E-state index is -0.0477. The highest BCUT2D eigenvalue weighted by molar-refractivity contribution is 5.88. The minimum absolute atomic E-state index is 0.0477. The molecule has 0 aliphatic carbocycles. The molecule has 0 amide bonds. The van der Waals surface area contributed by atoms with Gasteiger partial charge in [-0.05, 0) is 124 Å². The van der Waals surface area contributed by atoms with Crippen LogP contribution < -0.4 is 0 Å². The van der Waals surface area contributed by atoms with Crippen molar-refractivity contribution < 1.29 is 0 Å². The fourth-order valence-electron chi connectivity index (χ4n) is 9.56. The Hall–Kier alpha value is -6.84. The van der Waals surface area contributed by atoms with E-state index in [4.69, 9.17) is 0 Å². The van der Waals surface area contributed by atoms with Crippen molar-refractivity contribution in [3.8, 4) is 50.4 Å². The number of hydrogen-bond donors (Lipinski definition) is 0. The van der Waals surface area contributed by atoms with Crippen LogP contribution in [0.25, 0.3) is 83.2 Å². The summed E-state index contributed by atoms with van der Waals surface area (Å²) in [4.78, 5) is 0. The molecule has 312 valence electrons. The number of aromatic nitrogens is 3. The van der Waals surface area contributed by atoms with Crippen molar-refractivity contribution in [3.63, 3.8) is 0 Å². The first-order valence-corrected chi connectivity index (χ1v) is 22.4. The van der Waals surface area contributed by atoms with Gasteiger partial charge in [-0.1, -0.05) is 153 Å². The molecule has 0 atom stereocenters. The van der Waals surface area contributed by atoms with Crippen molar-refractivity contribution in [3.05, 3.63) is 199 Å². The molecule has 0 fully saturated rings. The SMILES string of the molecule is CC(C)(C)c1cc2ccccc2n1-c1cccc(-c2cc(-c3cccc(-n4c(C(C)(C)C)cc5ccccc54)c3)cc(-c3cccc(-n4c(C(C)(C)C)cc5ccccc54)c3)c2)c1. The van der Waals surface area contributed by atoms with Gasteiger partial charge in [0.15, 0.2) is 0 Å². The van der Waals surface area contributed by atoms with Crippen LogP contribution in [-0.4, -0.2) is 13.7 Å². The second-order valence-electron chi connectivity index (χ2n) is 20.5. The molecule has 0 aliphatic heterocycles. The quantitative estimate of drug-likeness (QED) is 0.159. The van der Waals surface area contributed by atoms with E-state index in [0.717, 1.165) is 17.1 Å². The lowest BCUT2D eigenvalue weighted by molar-refractivity contribution is 0.559. The van der Waals surface area contributed by atoms with Crippen molar-refractivity contribution in [1.29, 1.82) is 0 Å². The Morgan fingerprint density at radius 1 is 0.254 bits per heavy atom. The lowest BCUT2D eigenvalue weighted by Crippen LogP contribution is -2.16. The number of para-hydroxylation sites is 3. The van der Waals surface area contributed by atoms with Crippen LogP contribution in [0.2, 0.25) is 0 Å². The van der Waals surface area contributed by atoms with Gasteiger partial charge in [0.2, 0.25) is 0 Å². The van der Waals surface area contributed by atoms with Crippen molar-refractivity contribution in [1.82, 2.24) is 13.7 Å². The Bertz CT molecular complexity index is 2970. The summed E-state index contributed by atoms with van der Waals surface area (Å²) in [6, 6.07) is 67.9. The van der Waals surface area contributed by atoms with Gasteiger partial charge < -0.3 is 13.7 Å². The molecule has 7 aromatic carbocycles. The van der Waals surface area contributed by atoms with Gasteiger partial charge in [-0.25, -0.2) is 0 Å². The van der Waals surface area contributed by atoms with E-state index in [0.29, 0.717) is 0 Å². The van der Waals surface area contributed by atoms with Gasteiger partial charge in [0.25, 0.3) is 0 Å². The molecule has 10 rings (SSSR count). The van der Waals surface area contributed by atoms with E-state index in [2.05, 4.69) is 258 Å². The summed E-state index contributed by atoms with van der Waals surface area (Å²) in [5, 5.41) is 3.77. The predicted octanol–water partition coefficient (Wildman–Crippen LogP) is 16.4. The number of fused-ring (bicyclic) bond motifs is 3. The van der Waals surface area contributed by atoms with Crippen molar-refractivity contribution in [2.24, 2.45) is 0 Å². The molecule has 0 bridgehead atoms. The Labute approximate surface area is 372 Å². The summed E-state index contributed by atoms with van der Waals surface area (Å²) in [7, 11) is 0. The summed E-state index contributed by atoms with van der Waals surface area (Å²) in [6.07, 6.45) is 0. The molecule has 63 heavy (non-hydrogen) atoms. The number of nitrogens with zero attached hydrogens (tertiary/aromatic N) is 3. The third-order valence-electron chi connectivity index (χ3n) is 12.7. The Balaban J connectivity index is 1.18. The van der Waals surface area contributed by atoms with E-state index in [9.17, 15) is 0 Å². The Morgan fingerprint density at radius 2 is 0.524 bits per heavy atom.